The van der Waals surface area contributed by atoms with Crippen molar-refractivity contribution in [1.82, 2.24) is 0 Å². The highest BCUT2D eigenvalue weighted by atomic mass is 16.9. The Kier molecular flexibility index (Phi) is 4.37. The van der Waals surface area contributed by atoms with Crippen molar-refractivity contribution >= 4 is 5.97 Å². The van der Waals surface area contributed by atoms with Crippen molar-refractivity contribution in [3.8, 4) is 0 Å². The number of ether oxygens (including phenoxy) is 4. The molecule has 0 aromatic carbocycles. The molecule has 2 aliphatic heterocycles. The lowest BCUT2D eigenvalue weighted by Crippen LogP contribution is -2.34. The number of esters is 1. The van der Waals surface area contributed by atoms with E-state index in [0.717, 1.165) is 25.7 Å². The van der Waals surface area contributed by atoms with Gasteiger partial charge in [-0.25, -0.2) is 4.79 Å². The van der Waals surface area contributed by atoms with Crippen molar-refractivity contribution in [2.75, 3.05) is 19.8 Å². The average molecular weight is 256 g/mol. The largest absolute Gasteiger partial charge is 0.459 e. The minimum absolute atomic E-state index is 0.177. The molecule has 102 valence electrons. The predicted octanol–water partition coefficient (Wildman–Crippen LogP) is 1.77. The summed E-state index contributed by atoms with van der Waals surface area (Å²) in [7, 11) is 0. The minimum Gasteiger partial charge on any atom is -0.459 e. The molecule has 0 aromatic rings. The quantitative estimate of drug-likeness (QED) is 0.569. The Bertz CT molecular complexity index is 317. The molecule has 2 unspecified atom stereocenters. The zero-order valence-electron chi connectivity index (χ0n) is 10.8. The summed E-state index contributed by atoms with van der Waals surface area (Å²) in [5.41, 5.74) is 0.384. The van der Waals surface area contributed by atoms with Gasteiger partial charge in [-0.15, -0.1) is 0 Å². The summed E-state index contributed by atoms with van der Waals surface area (Å²) in [5, 5.41) is 0. The summed E-state index contributed by atoms with van der Waals surface area (Å²) in [4.78, 5) is 11.3. The topological polar surface area (TPSA) is 54.0 Å². The molecule has 0 saturated carbocycles. The maximum atomic E-state index is 11.3. The molecule has 0 N–H and O–H groups in total. The fraction of sp³-hybridized carbons (Fsp3) is 0.769. The van der Waals surface area contributed by atoms with Gasteiger partial charge in [-0.3, -0.25) is 0 Å². The first-order valence-electron chi connectivity index (χ1n) is 6.40. The third kappa shape index (κ3) is 3.31. The molecule has 2 aliphatic rings. The highest BCUT2D eigenvalue weighted by Crippen LogP contribution is 2.33. The lowest BCUT2D eigenvalue weighted by Gasteiger charge is -2.25. The van der Waals surface area contributed by atoms with Crippen LogP contribution in [0.1, 0.15) is 32.6 Å². The summed E-state index contributed by atoms with van der Waals surface area (Å²) in [6, 6.07) is 0. The summed E-state index contributed by atoms with van der Waals surface area (Å²) >= 11 is 0. The molecule has 1 spiro atoms. The average Bonchev–Trinajstić information content (AvgIpc) is 2.59. The van der Waals surface area contributed by atoms with Crippen molar-refractivity contribution in [3.05, 3.63) is 12.2 Å². The summed E-state index contributed by atoms with van der Waals surface area (Å²) in [6.45, 7) is 6.36. The van der Waals surface area contributed by atoms with Crippen molar-refractivity contribution in [3.63, 3.8) is 0 Å². The monoisotopic (exact) mass is 256 g/mol. The van der Waals surface area contributed by atoms with Gasteiger partial charge in [-0.1, -0.05) is 13.0 Å². The van der Waals surface area contributed by atoms with Crippen LogP contribution in [-0.4, -0.2) is 37.9 Å². The smallest absolute Gasteiger partial charge is 0.333 e. The van der Waals surface area contributed by atoms with Gasteiger partial charge in [0.05, 0.1) is 13.2 Å². The lowest BCUT2D eigenvalue weighted by atomic mass is 10.2. The molecular weight excluding hydrogens is 236 g/mol. The molecule has 0 bridgehead atoms. The van der Waals surface area contributed by atoms with Gasteiger partial charge in [-0.2, -0.15) is 0 Å². The number of hydrogen-bond donors (Lipinski definition) is 0. The standard InChI is InChI=1S/C13H20O5/c1-10(2)12(14)15-8-11-9-17-13(18-11)6-4-3-5-7-16-13/h11H,1,3-9H2,2H3. The van der Waals surface area contributed by atoms with E-state index in [1.54, 1.807) is 6.92 Å². The van der Waals surface area contributed by atoms with Crippen LogP contribution in [-0.2, 0) is 23.7 Å². The second kappa shape index (κ2) is 5.82. The molecule has 18 heavy (non-hydrogen) atoms. The van der Waals surface area contributed by atoms with E-state index in [-0.39, 0.29) is 12.7 Å². The van der Waals surface area contributed by atoms with Crippen LogP contribution in [0.5, 0.6) is 0 Å². The van der Waals surface area contributed by atoms with E-state index in [2.05, 4.69) is 6.58 Å². The van der Waals surface area contributed by atoms with E-state index in [1.165, 1.54) is 0 Å². The van der Waals surface area contributed by atoms with E-state index >= 15 is 0 Å². The third-order valence-corrected chi connectivity index (χ3v) is 3.03. The maximum Gasteiger partial charge on any atom is 0.333 e. The second-order valence-corrected chi connectivity index (χ2v) is 4.77. The maximum absolute atomic E-state index is 11.3. The van der Waals surface area contributed by atoms with Crippen molar-refractivity contribution < 1.29 is 23.7 Å². The number of rotatable bonds is 3. The number of hydrogen-bond acceptors (Lipinski definition) is 5. The summed E-state index contributed by atoms with van der Waals surface area (Å²) in [6.07, 6.45) is 3.66. The lowest BCUT2D eigenvalue weighted by molar-refractivity contribution is -0.337. The van der Waals surface area contributed by atoms with Gasteiger partial charge in [0.1, 0.15) is 12.7 Å². The van der Waals surface area contributed by atoms with E-state index in [9.17, 15) is 4.79 Å². The first-order chi connectivity index (χ1) is 8.61. The van der Waals surface area contributed by atoms with Crippen LogP contribution in [0.4, 0.5) is 0 Å². The first-order valence-corrected chi connectivity index (χ1v) is 6.40. The van der Waals surface area contributed by atoms with Crippen LogP contribution < -0.4 is 0 Å². The molecule has 0 radical (unpaired) electrons. The molecule has 0 aliphatic carbocycles. The molecule has 5 heteroatoms. The highest BCUT2D eigenvalue weighted by molar-refractivity contribution is 5.86. The Hall–Kier alpha value is -0.910. The highest BCUT2D eigenvalue weighted by Gasteiger charge is 2.43. The zero-order valence-corrected chi connectivity index (χ0v) is 10.8. The molecule has 5 nitrogen and oxygen atoms in total. The zero-order chi connectivity index (χ0) is 13.0. The number of carbonyl (C=O) groups is 1. The van der Waals surface area contributed by atoms with Gasteiger partial charge in [0.15, 0.2) is 0 Å². The summed E-state index contributed by atoms with van der Waals surface area (Å²) < 4.78 is 22.0. The Morgan fingerprint density at radius 1 is 1.39 bits per heavy atom. The minimum atomic E-state index is -0.906. The van der Waals surface area contributed by atoms with Gasteiger partial charge in [0, 0.05) is 12.0 Å². The Morgan fingerprint density at radius 2 is 2.22 bits per heavy atom. The molecular formula is C13H20O5. The van der Waals surface area contributed by atoms with Crippen molar-refractivity contribution in [2.45, 2.75) is 44.7 Å². The van der Waals surface area contributed by atoms with Crippen LogP contribution in [0, 0.1) is 0 Å². The SMILES string of the molecule is C=C(C)C(=O)OCC1COC2(CCCCCO2)O1. The molecule has 2 heterocycles. The number of carbonyl (C=O) groups excluding carboxylic acids is 1. The van der Waals surface area contributed by atoms with Gasteiger partial charge in [-0.05, 0) is 19.8 Å². The van der Waals surface area contributed by atoms with Crippen LogP contribution in [0.15, 0.2) is 12.2 Å². The Balaban J connectivity index is 1.80. The van der Waals surface area contributed by atoms with Crippen LogP contribution in [0.2, 0.25) is 0 Å². The van der Waals surface area contributed by atoms with E-state index in [1.807, 2.05) is 0 Å². The molecule has 2 fully saturated rings. The van der Waals surface area contributed by atoms with E-state index in [0.29, 0.717) is 18.8 Å². The molecule has 2 saturated heterocycles. The predicted molar refractivity (Wildman–Crippen MR) is 63.7 cm³/mol. The second-order valence-electron chi connectivity index (χ2n) is 4.77. The van der Waals surface area contributed by atoms with E-state index in [4.69, 9.17) is 18.9 Å². The van der Waals surface area contributed by atoms with Crippen LogP contribution in [0.25, 0.3) is 0 Å². The normalized spacial score (nSPS) is 32.2. The van der Waals surface area contributed by atoms with Gasteiger partial charge < -0.3 is 18.9 Å². The van der Waals surface area contributed by atoms with Gasteiger partial charge in [0.25, 0.3) is 5.97 Å². The van der Waals surface area contributed by atoms with Crippen molar-refractivity contribution in [1.29, 1.82) is 0 Å². The fourth-order valence-electron chi connectivity index (χ4n) is 2.04. The Labute approximate surface area is 107 Å². The van der Waals surface area contributed by atoms with Crippen LogP contribution >= 0.6 is 0 Å². The van der Waals surface area contributed by atoms with Gasteiger partial charge >= 0.3 is 5.97 Å². The van der Waals surface area contributed by atoms with E-state index < -0.39 is 11.9 Å². The first kappa shape index (κ1) is 13.5. The molecule has 2 rings (SSSR count). The summed E-state index contributed by atoms with van der Waals surface area (Å²) in [5.74, 6) is -1.31. The Morgan fingerprint density at radius 3 is 3.00 bits per heavy atom. The molecule has 2 atom stereocenters. The van der Waals surface area contributed by atoms with Crippen molar-refractivity contribution in [2.24, 2.45) is 0 Å². The van der Waals surface area contributed by atoms with Gasteiger partial charge in [0.2, 0.25) is 0 Å². The van der Waals surface area contributed by atoms with Crippen LogP contribution in [0.3, 0.4) is 0 Å². The molecule has 0 aromatic heterocycles. The fourth-order valence-corrected chi connectivity index (χ4v) is 2.04. The molecule has 0 amide bonds. The third-order valence-electron chi connectivity index (χ3n) is 3.03.